The Morgan fingerprint density at radius 2 is 1.72 bits per heavy atom. The van der Waals surface area contributed by atoms with E-state index in [0.29, 0.717) is 23.6 Å². The van der Waals surface area contributed by atoms with Gasteiger partial charge in [-0.3, -0.25) is 0 Å². The average Bonchev–Trinajstić information content (AvgIpc) is 3.02. The summed E-state index contributed by atoms with van der Waals surface area (Å²) < 4.78 is 1.12. The molecule has 1 aromatic heterocycles. The number of benzene rings is 1. The van der Waals surface area contributed by atoms with Crippen LogP contribution in [-0.4, -0.2) is 87.7 Å². The van der Waals surface area contributed by atoms with Crippen molar-refractivity contribution in [3.05, 3.63) is 76.8 Å². The maximum atomic E-state index is 13.9. The summed E-state index contributed by atoms with van der Waals surface area (Å²) in [6, 6.07) is 7.76. The number of hydrogen-bond acceptors (Lipinski definition) is 8. The molecular weight excluding hydrogens is 739 g/mol. The Balaban J connectivity index is 1.43. The summed E-state index contributed by atoms with van der Waals surface area (Å²) in [5, 5.41) is 22.7. The molecule has 0 saturated carbocycles. The zero-order valence-corrected chi connectivity index (χ0v) is 27.7. The van der Waals surface area contributed by atoms with Gasteiger partial charge in [0.2, 0.25) is 5.82 Å². The molecule has 43 heavy (non-hydrogen) atoms. The zero-order valence-electron chi connectivity index (χ0n) is 24.5. The molecule has 1 aromatic carbocycles. The molecule has 3 amide bonds. The van der Waals surface area contributed by atoms with Gasteiger partial charge in [0, 0.05) is 17.8 Å². The van der Waals surface area contributed by atoms with Crippen LogP contribution in [0.1, 0.15) is 50.4 Å². The van der Waals surface area contributed by atoms with Gasteiger partial charge in [-0.2, -0.15) is 0 Å². The molecule has 10 nitrogen and oxygen atoms in total. The molecule has 1 aliphatic heterocycles. The number of carbonyl (C=O) groups excluding carboxylic acids is 3. The van der Waals surface area contributed by atoms with Gasteiger partial charge in [0.1, 0.15) is 0 Å². The molecular formula is C32H36N7O3Po. The number of likely N-dealkylation sites (tertiary alicyclic amines) is 1. The number of aromatic nitrogens is 4. The first-order chi connectivity index (χ1) is 20.9. The van der Waals surface area contributed by atoms with E-state index in [2.05, 4.69) is 44.0 Å². The first-order valence-electron chi connectivity index (χ1n) is 14.9. The summed E-state index contributed by atoms with van der Waals surface area (Å²) in [6.07, 6.45) is 12.3. The third kappa shape index (κ3) is 6.99. The number of allylic oxidation sites excluding steroid dienone is 5. The molecule has 2 unspecified atom stereocenters. The molecule has 2 aromatic rings. The van der Waals surface area contributed by atoms with Crippen LogP contribution in [0.3, 0.4) is 0 Å². The number of unbranched alkanes of at least 4 members (excludes halogenated alkanes) is 2. The number of piperidine rings is 1. The quantitative estimate of drug-likeness (QED) is 0.235. The van der Waals surface area contributed by atoms with Gasteiger partial charge < -0.3 is 5.32 Å². The van der Waals surface area contributed by atoms with Gasteiger partial charge in [-0.05, 0) is 42.2 Å². The topological polar surface area (TPSA) is 130 Å². The van der Waals surface area contributed by atoms with Crippen LogP contribution in [0.15, 0.2) is 65.4 Å². The number of amides is 3. The van der Waals surface area contributed by atoms with Gasteiger partial charge in [-0.15, -0.1) is 20.4 Å². The SMILES string of the molecule is CCCCNC1=C2C=C(c3ccc(-c4nnc(C)nn4)cc3)C=C3C(=O)N(CCNC(=O)CCC[CH2][Po])C(=O)C(C=C1)C32. The molecule has 0 spiro atoms. The summed E-state index contributed by atoms with van der Waals surface area (Å²) in [6.45, 7) is 5.07. The molecule has 1 saturated heterocycles. The minimum atomic E-state index is -0.475. The molecule has 223 valence electrons. The minimum Gasteiger partial charge on any atom is -0.0418 e. The zero-order chi connectivity index (χ0) is 30.3. The van der Waals surface area contributed by atoms with Crippen molar-refractivity contribution in [2.24, 2.45) is 11.8 Å². The number of nitrogens with one attached hydrogen (secondary N) is 2. The van der Waals surface area contributed by atoms with Crippen molar-refractivity contribution in [3.63, 3.8) is 0 Å². The number of nitrogens with zero attached hydrogens (tertiary/aromatic N) is 5. The third-order valence-corrected chi connectivity index (χ3v) is 8.95. The second-order valence-corrected chi connectivity index (χ2v) is 12.5. The van der Waals surface area contributed by atoms with E-state index in [4.69, 9.17) is 0 Å². The van der Waals surface area contributed by atoms with Crippen molar-refractivity contribution in [2.45, 2.75) is 50.0 Å². The third-order valence-electron chi connectivity index (χ3n) is 7.83. The van der Waals surface area contributed by atoms with Crippen molar-refractivity contribution in [1.82, 2.24) is 35.9 Å². The Morgan fingerprint density at radius 3 is 2.44 bits per heavy atom. The smallest absolute Gasteiger partial charge is 0.0418 e. The molecule has 2 heterocycles. The molecule has 2 atom stereocenters. The number of hydrogen-bond donors (Lipinski definition) is 2. The number of carbonyl (C=O) groups is 3. The Kier molecular flexibility index (Phi) is 10.2. The van der Waals surface area contributed by atoms with Crippen LogP contribution in [0.25, 0.3) is 17.0 Å². The second kappa shape index (κ2) is 14.3. The predicted molar refractivity (Wildman–Crippen MR) is 164 cm³/mol. The van der Waals surface area contributed by atoms with Crippen LogP contribution in [0.5, 0.6) is 0 Å². The van der Waals surface area contributed by atoms with Crippen molar-refractivity contribution in [2.75, 3.05) is 19.6 Å². The van der Waals surface area contributed by atoms with E-state index in [1.165, 1.54) is 30.0 Å². The Bertz CT molecular complexity index is 1500. The van der Waals surface area contributed by atoms with E-state index in [1.807, 2.05) is 42.5 Å². The number of imide groups is 1. The monoisotopic (exact) mass is 775 g/mol. The predicted octanol–water partition coefficient (Wildman–Crippen LogP) is 3.25. The summed E-state index contributed by atoms with van der Waals surface area (Å²) >= 11 is 1.52. The van der Waals surface area contributed by atoms with Crippen LogP contribution in [0, 0.1) is 18.8 Å². The van der Waals surface area contributed by atoms with E-state index in [-0.39, 0.29) is 36.7 Å². The number of aryl methyl sites for hydroxylation is 1. The first-order valence-corrected chi connectivity index (χ1v) is 17.1. The van der Waals surface area contributed by atoms with Gasteiger partial charge >= 0.3 is 133 Å². The standard InChI is InChI=1S/C32H36N7O3.Po/c1-4-6-8-28(40)34-16-17-39-31(41)24-13-14-27(33-15-7-5-2)25-18-23(19-26(29(24)25)32(39)42)21-9-11-22(12-10-21)30-37-35-20(3)36-38-30;/h9-14,18-19,24,29,33H,1,4-8,15-17H2,2-3H3,(H,34,40);. The summed E-state index contributed by atoms with van der Waals surface area (Å²) in [4.78, 5) is 41.1. The normalized spacial score (nSPS) is 19.2. The van der Waals surface area contributed by atoms with Crippen molar-refractivity contribution >= 4 is 48.4 Å². The molecule has 2 aliphatic carbocycles. The van der Waals surface area contributed by atoms with E-state index in [1.54, 1.807) is 6.92 Å². The van der Waals surface area contributed by atoms with Gasteiger partial charge in [0.25, 0.3) is 0 Å². The Morgan fingerprint density at radius 1 is 0.977 bits per heavy atom. The molecule has 2 N–H and O–H groups in total. The second-order valence-electron chi connectivity index (χ2n) is 10.9. The van der Waals surface area contributed by atoms with Crippen molar-refractivity contribution in [1.29, 1.82) is 0 Å². The van der Waals surface area contributed by atoms with Crippen molar-refractivity contribution < 1.29 is 14.4 Å². The minimum absolute atomic E-state index is 0.0445. The van der Waals surface area contributed by atoms with Crippen molar-refractivity contribution in [3.8, 4) is 11.4 Å². The van der Waals surface area contributed by atoms with E-state index in [9.17, 15) is 14.4 Å². The summed E-state index contributed by atoms with van der Waals surface area (Å²) in [5.74, 6) is -0.453. The maximum absolute atomic E-state index is 13.9. The van der Waals surface area contributed by atoms with Crippen LogP contribution in [-0.2, 0) is 14.4 Å². The molecule has 1 radical (unpaired) electrons. The van der Waals surface area contributed by atoms with Crippen LogP contribution in [0.2, 0.25) is 4.08 Å². The van der Waals surface area contributed by atoms with E-state index < -0.39 is 5.92 Å². The fourth-order valence-corrected chi connectivity index (χ4v) is 6.34. The molecule has 0 bridgehead atoms. The fraction of sp³-hybridized carbons (Fsp3) is 0.406. The van der Waals surface area contributed by atoms with Gasteiger partial charge in [0.05, 0.1) is 0 Å². The summed E-state index contributed by atoms with van der Waals surface area (Å²) in [7, 11) is 0. The fourth-order valence-electron chi connectivity index (χ4n) is 5.55. The molecule has 1 fully saturated rings. The van der Waals surface area contributed by atoms with Crippen LogP contribution < -0.4 is 10.6 Å². The van der Waals surface area contributed by atoms with Gasteiger partial charge in [-0.1, -0.05) is 37.6 Å². The van der Waals surface area contributed by atoms with Crippen LogP contribution in [0.4, 0.5) is 0 Å². The Hall–Kier alpha value is -3.57. The van der Waals surface area contributed by atoms with Gasteiger partial charge in [-0.25, -0.2) is 0 Å². The first kappa shape index (κ1) is 30.9. The molecule has 3 aliphatic rings. The molecule has 11 heteroatoms. The van der Waals surface area contributed by atoms with Gasteiger partial charge in [0.15, 0.2) is 5.82 Å². The summed E-state index contributed by atoms with van der Waals surface area (Å²) in [5.41, 5.74) is 5.07. The van der Waals surface area contributed by atoms with E-state index in [0.717, 1.165) is 64.3 Å². The average molecular weight is 776 g/mol. The molecule has 5 rings (SSSR count). The van der Waals surface area contributed by atoms with Crippen LogP contribution >= 0.6 is 0 Å². The van der Waals surface area contributed by atoms with E-state index >= 15 is 0 Å². The Labute approximate surface area is 267 Å². The number of rotatable bonds is 13.